The van der Waals surface area contributed by atoms with Crippen LogP contribution in [-0.4, -0.2) is 67.0 Å². The van der Waals surface area contributed by atoms with Crippen LogP contribution in [0.4, 0.5) is 0 Å². The van der Waals surface area contributed by atoms with Crippen LogP contribution >= 0.6 is 0 Å². The number of ether oxygens (including phenoxy) is 2. The quantitative estimate of drug-likeness (QED) is 0.275. The van der Waals surface area contributed by atoms with Gasteiger partial charge in [0.15, 0.2) is 0 Å². The number of amides is 1. The first-order valence-electron chi connectivity index (χ1n) is 12.5. The van der Waals surface area contributed by atoms with Crippen LogP contribution in [0.15, 0.2) is 48.0 Å². The number of Topliss-reactive ketones (excluding diaryl/α,β-unsaturated/α-hetero) is 1. The number of aliphatic hydroxyl groups is 1. The van der Waals surface area contributed by atoms with E-state index in [2.05, 4.69) is 13.8 Å². The van der Waals surface area contributed by atoms with Crippen LogP contribution in [0.2, 0.25) is 0 Å². The SMILES string of the molecule is CCCOc1ccc(C2C(=C(O)c3ccc(OCC(C)C)c(C)c3)C(=O)C(=O)N2CCN(C)C)cc1. The molecule has 3 rings (SSSR count). The molecule has 7 nitrogen and oxygen atoms in total. The summed E-state index contributed by atoms with van der Waals surface area (Å²) < 4.78 is 11.6. The lowest BCUT2D eigenvalue weighted by Crippen LogP contribution is -2.35. The van der Waals surface area contributed by atoms with Gasteiger partial charge < -0.3 is 24.4 Å². The summed E-state index contributed by atoms with van der Waals surface area (Å²) in [5, 5.41) is 11.3. The molecule has 1 saturated heterocycles. The van der Waals surface area contributed by atoms with Crippen molar-refractivity contribution in [3.63, 3.8) is 0 Å². The van der Waals surface area contributed by atoms with Gasteiger partial charge in [0.05, 0.1) is 24.8 Å². The van der Waals surface area contributed by atoms with E-state index < -0.39 is 17.7 Å². The van der Waals surface area contributed by atoms with Gasteiger partial charge in [-0.3, -0.25) is 9.59 Å². The van der Waals surface area contributed by atoms with E-state index >= 15 is 0 Å². The first-order valence-corrected chi connectivity index (χ1v) is 12.5. The maximum Gasteiger partial charge on any atom is 0.295 e. The van der Waals surface area contributed by atoms with Crippen LogP contribution in [0.5, 0.6) is 11.5 Å². The lowest BCUT2D eigenvalue weighted by molar-refractivity contribution is -0.140. The van der Waals surface area contributed by atoms with E-state index in [1.54, 1.807) is 23.1 Å². The Morgan fingerprint density at radius 3 is 2.36 bits per heavy atom. The maximum atomic E-state index is 13.2. The summed E-state index contributed by atoms with van der Waals surface area (Å²) in [4.78, 5) is 29.8. The second-order valence-corrected chi connectivity index (χ2v) is 9.90. The molecule has 0 saturated carbocycles. The number of aryl methyl sites for hydroxylation is 1. The normalized spacial score (nSPS) is 17.3. The molecule has 194 valence electrons. The molecule has 0 radical (unpaired) electrons. The van der Waals surface area contributed by atoms with Crippen molar-refractivity contribution in [2.24, 2.45) is 5.92 Å². The van der Waals surface area contributed by atoms with E-state index in [9.17, 15) is 14.7 Å². The number of aliphatic hydroxyl groups excluding tert-OH is 1. The molecular formula is C29H38N2O5. The molecule has 1 atom stereocenters. The Morgan fingerprint density at radius 2 is 1.78 bits per heavy atom. The number of likely N-dealkylation sites (tertiary alicyclic amines) is 1. The maximum absolute atomic E-state index is 13.2. The van der Waals surface area contributed by atoms with E-state index in [0.29, 0.717) is 37.8 Å². The van der Waals surface area contributed by atoms with Gasteiger partial charge in [-0.25, -0.2) is 0 Å². The molecule has 0 aliphatic carbocycles. The highest BCUT2D eigenvalue weighted by Crippen LogP contribution is 2.40. The molecule has 0 bridgehead atoms. The van der Waals surface area contributed by atoms with E-state index in [1.165, 1.54) is 0 Å². The molecule has 36 heavy (non-hydrogen) atoms. The fourth-order valence-corrected chi connectivity index (χ4v) is 4.10. The van der Waals surface area contributed by atoms with Crippen molar-refractivity contribution in [2.45, 2.75) is 40.2 Å². The first kappa shape index (κ1) is 27.3. The van der Waals surface area contributed by atoms with E-state index in [4.69, 9.17) is 9.47 Å². The zero-order chi connectivity index (χ0) is 26.4. The summed E-state index contributed by atoms with van der Waals surface area (Å²) in [6.07, 6.45) is 0.896. The Labute approximate surface area is 214 Å². The minimum atomic E-state index is -0.692. The molecule has 1 N–H and O–H groups in total. The van der Waals surface area contributed by atoms with E-state index in [0.717, 1.165) is 29.0 Å². The third-order valence-electron chi connectivity index (χ3n) is 6.02. The summed E-state index contributed by atoms with van der Waals surface area (Å²) in [6.45, 7) is 10.2. The fourth-order valence-electron chi connectivity index (χ4n) is 4.10. The number of carbonyl (C=O) groups is 2. The largest absolute Gasteiger partial charge is 0.507 e. The summed E-state index contributed by atoms with van der Waals surface area (Å²) in [6, 6.07) is 12.0. The average molecular weight is 495 g/mol. The van der Waals surface area contributed by atoms with E-state index in [-0.39, 0.29) is 11.3 Å². The lowest BCUT2D eigenvalue weighted by atomic mass is 9.94. The fraction of sp³-hybridized carbons (Fsp3) is 0.448. The molecule has 2 aromatic carbocycles. The number of hydrogen-bond acceptors (Lipinski definition) is 6. The van der Waals surface area contributed by atoms with Crippen molar-refractivity contribution in [3.05, 3.63) is 64.7 Å². The third kappa shape index (κ3) is 6.26. The topological polar surface area (TPSA) is 79.3 Å². The van der Waals surface area contributed by atoms with Gasteiger partial charge in [-0.05, 0) is 74.8 Å². The van der Waals surface area contributed by atoms with Crippen LogP contribution in [-0.2, 0) is 9.59 Å². The standard InChI is InChI=1S/C29H38N2O5/c1-7-16-35-23-11-8-21(9-12-23)26-25(28(33)29(34)31(26)15-14-30(5)6)27(32)22-10-13-24(20(4)17-22)36-18-19(2)3/h8-13,17,19,26,32H,7,14-16,18H2,1-6H3. The van der Waals surface area contributed by atoms with Crippen molar-refractivity contribution in [1.29, 1.82) is 0 Å². The Bertz CT molecular complexity index is 1110. The van der Waals surface area contributed by atoms with Crippen LogP contribution in [0.1, 0.15) is 49.9 Å². The van der Waals surface area contributed by atoms with Crippen LogP contribution in [0, 0.1) is 12.8 Å². The van der Waals surface area contributed by atoms with Gasteiger partial charge >= 0.3 is 0 Å². The van der Waals surface area contributed by atoms with Crippen molar-refractivity contribution < 1.29 is 24.2 Å². The number of rotatable bonds is 11. The summed E-state index contributed by atoms with van der Waals surface area (Å²) >= 11 is 0. The van der Waals surface area contributed by atoms with Crippen molar-refractivity contribution in [2.75, 3.05) is 40.4 Å². The number of benzene rings is 2. The Balaban J connectivity index is 2.04. The predicted molar refractivity (Wildman–Crippen MR) is 141 cm³/mol. The first-order chi connectivity index (χ1) is 17.1. The van der Waals surface area contributed by atoms with Crippen molar-refractivity contribution in [1.82, 2.24) is 9.80 Å². The molecule has 0 spiro atoms. The minimum absolute atomic E-state index is 0.0937. The molecule has 1 amide bonds. The zero-order valence-corrected chi connectivity index (χ0v) is 22.2. The number of nitrogens with zero attached hydrogens (tertiary/aromatic N) is 2. The van der Waals surface area contributed by atoms with Gasteiger partial charge in [-0.15, -0.1) is 0 Å². The molecule has 1 heterocycles. The van der Waals surface area contributed by atoms with Gasteiger partial charge in [-0.1, -0.05) is 32.9 Å². The van der Waals surface area contributed by atoms with Gasteiger partial charge in [0.1, 0.15) is 17.3 Å². The number of ketones is 1. The molecule has 7 heteroatoms. The second kappa shape index (κ2) is 12.1. The van der Waals surface area contributed by atoms with Crippen LogP contribution < -0.4 is 9.47 Å². The van der Waals surface area contributed by atoms with Gasteiger partial charge in [0.2, 0.25) is 0 Å². The van der Waals surface area contributed by atoms with Crippen LogP contribution in [0.3, 0.4) is 0 Å². The predicted octanol–water partition coefficient (Wildman–Crippen LogP) is 4.80. The summed E-state index contributed by atoms with van der Waals surface area (Å²) in [5.41, 5.74) is 2.15. The number of hydrogen-bond donors (Lipinski definition) is 1. The van der Waals surface area contributed by atoms with Gasteiger partial charge in [0.25, 0.3) is 11.7 Å². The smallest absolute Gasteiger partial charge is 0.295 e. The Kier molecular flexibility index (Phi) is 9.15. The van der Waals surface area contributed by atoms with Crippen molar-refractivity contribution >= 4 is 17.4 Å². The van der Waals surface area contributed by atoms with Crippen LogP contribution in [0.25, 0.3) is 5.76 Å². The Hall–Kier alpha value is -3.32. The zero-order valence-electron chi connectivity index (χ0n) is 22.2. The molecular weight excluding hydrogens is 456 g/mol. The molecule has 1 aliphatic rings. The lowest BCUT2D eigenvalue weighted by Gasteiger charge is -2.26. The molecule has 2 aromatic rings. The highest BCUT2D eigenvalue weighted by Gasteiger charge is 2.45. The van der Waals surface area contributed by atoms with Crippen molar-refractivity contribution in [3.8, 4) is 11.5 Å². The number of likely N-dealkylation sites (N-methyl/N-ethyl adjacent to an activating group) is 1. The Morgan fingerprint density at radius 1 is 1.08 bits per heavy atom. The monoisotopic (exact) mass is 494 g/mol. The minimum Gasteiger partial charge on any atom is -0.507 e. The summed E-state index contributed by atoms with van der Waals surface area (Å²) in [7, 11) is 3.83. The van der Waals surface area contributed by atoms with E-state index in [1.807, 2.05) is 57.1 Å². The van der Waals surface area contributed by atoms with Gasteiger partial charge in [0, 0.05) is 18.7 Å². The highest BCUT2D eigenvalue weighted by atomic mass is 16.5. The average Bonchev–Trinajstić information content (AvgIpc) is 3.10. The molecule has 1 aliphatic heterocycles. The summed E-state index contributed by atoms with van der Waals surface area (Å²) in [5.74, 6) is 0.359. The molecule has 0 aromatic heterocycles. The second-order valence-electron chi connectivity index (χ2n) is 9.90. The number of carbonyl (C=O) groups excluding carboxylic acids is 2. The third-order valence-corrected chi connectivity index (χ3v) is 6.02. The molecule has 1 unspecified atom stereocenters. The highest BCUT2D eigenvalue weighted by molar-refractivity contribution is 6.46. The molecule has 1 fully saturated rings. The van der Waals surface area contributed by atoms with Gasteiger partial charge in [-0.2, -0.15) is 0 Å².